The number of ketones is 1. The molecule has 178 valence electrons. The lowest BCUT2D eigenvalue weighted by Crippen LogP contribution is -2.46. The van der Waals surface area contributed by atoms with Gasteiger partial charge in [-0.2, -0.15) is 0 Å². The Hall–Kier alpha value is -3.43. The predicted molar refractivity (Wildman–Crippen MR) is 129 cm³/mol. The molecule has 3 aromatic rings. The number of fused-ring (bicyclic) bond motifs is 1. The van der Waals surface area contributed by atoms with E-state index in [0.717, 1.165) is 22.7 Å². The van der Waals surface area contributed by atoms with Crippen molar-refractivity contribution < 1.29 is 28.5 Å². The van der Waals surface area contributed by atoms with Gasteiger partial charge in [-0.15, -0.1) is 11.3 Å². The summed E-state index contributed by atoms with van der Waals surface area (Å²) in [5.41, 5.74) is 2.54. The summed E-state index contributed by atoms with van der Waals surface area (Å²) < 4.78 is 21.5. The normalized spacial score (nSPS) is 15.0. The summed E-state index contributed by atoms with van der Waals surface area (Å²) in [6.45, 7) is 2.12. The van der Waals surface area contributed by atoms with Gasteiger partial charge >= 0.3 is 0 Å². The van der Waals surface area contributed by atoms with Crippen LogP contribution < -0.4 is 19.1 Å². The second-order valence-corrected chi connectivity index (χ2v) is 8.67. The minimum Gasteiger partial charge on any atom is -0.497 e. The SMILES string of the molecule is COCCc1nc(-c2ccc3c(c2)N(CC(=O)c2ccc(OC)cc2OC)C(=O)C(C)O3)cs1. The van der Waals surface area contributed by atoms with Crippen LogP contribution in [-0.4, -0.2) is 57.3 Å². The highest BCUT2D eigenvalue weighted by atomic mass is 32.1. The second-order valence-electron chi connectivity index (χ2n) is 7.73. The maximum Gasteiger partial charge on any atom is 0.268 e. The van der Waals surface area contributed by atoms with Crippen LogP contribution in [0, 0.1) is 0 Å². The number of Topliss-reactive ketones (excluding diaryl/α,β-unsaturated/α-hetero) is 1. The van der Waals surface area contributed by atoms with Crippen molar-refractivity contribution in [1.82, 2.24) is 4.98 Å². The summed E-state index contributed by atoms with van der Waals surface area (Å²) in [5.74, 6) is 0.962. The first-order valence-electron chi connectivity index (χ1n) is 10.8. The number of hydrogen-bond donors (Lipinski definition) is 0. The summed E-state index contributed by atoms with van der Waals surface area (Å²) in [7, 11) is 4.69. The van der Waals surface area contributed by atoms with E-state index in [1.54, 1.807) is 50.7 Å². The number of aromatic nitrogens is 1. The predicted octanol–water partition coefficient (Wildman–Crippen LogP) is 4.01. The number of hydrogen-bond acceptors (Lipinski definition) is 8. The topological polar surface area (TPSA) is 87.2 Å². The van der Waals surface area contributed by atoms with E-state index in [0.29, 0.717) is 35.1 Å². The third-order valence-electron chi connectivity index (χ3n) is 5.55. The van der Waals surface area contributed by atoms with Gasteiger partial charge < -0.3 is 18.9 Å². The number of carbonyl (C=O) groups excluding carboxylic acids is 2. The third-order valence-corrected chi connectivity index (χ3v) is 6.45. The maximum atomic E-state index is 13.2. The molecule has 1 aliphatic rings. The van der Waals surface area contributed by atoms with Crippen LogP contribution in [0.1, 0.15) is 22.3 Å². The Kier molecular flexibility index (Phi) is 7.14. The maximum absolute atomic E-state index is 13.2. The second kappa shape index (κ2) is 10.2. The standard InChI is InChI=1S/C25H26N2O6S/c1-15-25(29)27(13-21(28)18-7-6-17(31-3)12-23(18)32-4)20-11-16(5-8-22(20)33-15)19-14-34-24(26-19)9-10-30-2/h5-8,11-12,14-15H,9-10,13H2,1-4H3. The lowest BCUT2D eigenvalue weighted by Gasteiger charge is -2.33. The fraction of sp³-hybridized carbons (Fsp3) is 0.320. The average molecular weight is 483 g/mol. The van der Waals surface area contributed by atoms with Crippen LogP contribution in [0.3, 0.4) is 0 Å². The van der Waals surface area contributed by atoms with Gasteiger partial charge in [0.1, 0.15) is 17.2 Å². The lowest BCUT2D eigenvalue weighted by molar-refractivity contribution is -0.125. The molecule has 4 rings (SSSR count). The van der Waals surface area contributed by atoms with Crippen LogP contribution >= 0.6 is 11.3 Å². The molecule has 1 atom stereocenters. The molecular weight excluding hydrogens is 456 g/mol. The summed E-state index contributed by atoms with van der Waals surface area (Å²) in [5, 5.41) is 2.94. The lowest BCUT2D eigenvalue weighted by atomic mass is 10.1. The zero-order chi connectivity index (χ0) is 24.2. The number of anilines is 1. The smallest absolute Gasteiger partial charge is 0.268 e. The third kappa shape index (κ3) is 4.76. The van der Waals surface area contributed by atoms with Gasteiger partial charge in [-0.3, -0.25) is 14.5 Å². The molecule has 1 aliphatic heterocycles. The van der Waals surface area contributed by atoms with E-state index in [1.807, 2.05) is 23.6 Å². The molecular formula is C25H26N2O6S. The van der Waals surface area contributed by atoms with Gasteiger partial charge in [-0.25, -0.2) is 4.98 Å². The van der Waals surface area contributed by atoms with Gasteiger partial charge in [0.25, 0.3) is 5.91 Å². The highest BCUT2D eigenvalue weighted by Gasteiger charge is 2.34. The van der Waals surface area contributed by atoms with Crippen molar-refractivity contribution in [2.75, 3.05) is 39.4 Å². The molecule has 8 nitrogen and oxygen atoms in total. The molecule has 34 heavy (non-hydrogen) atoms. The fourth-order valence-corrected chi connectivity index (χ4v) is 4.52. The van der Waals surface area contributed by atoms with E-state index >= 15 is 0 Å². The van der Waals surface area contributed by atoms with Crippen LogP contribution in [0.15, 0.2) is 41.8 Å². The number of rotatable bonds is 9. The molecule has 0 aliphatic carbocycles. The molecule has 0 N–H and O–H groups in total. The molecule has 2 aromatic carbocycles. The number of thiazole rings is 1. The highest BCUT2D eigenvalue weighted by Crippen LogP contribution is 2.38. The zero-order valence-electron chi connectivity index (χ0n) is 19.5. The molecule has 0 radical (unpaired) electrons. The Morgan fingerprint density at radius 2 is 1.97 bits per heavy atom. The van der Waals surface area contributed by atoms with E-state index < -0.39 is 6.10 Å². The Morgan fingerprint density at radius 1 is 1.15 bits per heavy atom. The van der Waals surface area contributed by atoms with Crippen LogP contribution in [0.2, 0.25) is 0 Å². The van der Waals surface area contributed by atoms with E-state index in [9.17, 15) is 9.59 Å². The van der Waals surface area contributed by atoms with E-state index in [2.05, 4.69) is 4.98 Å². The van der Waals surface area contributed by atoms with Crippen molar-refractivity contribution in [3.8, 4) is 28.5 Å². The van der Waals surface area contributed by atoms with Crippen LogP contribution in [0.4, 0.5) is 5.69 Å². The summed E-state index contributed by atoms with van der Waals surface area (Å²) in [4.78, 5) is 32.4. The Labute approximate surface area is 202 Å². The number of ether oxygens (including phenoxy) is 4. The molecule has 0 bridgehead atoms. The molecule has 0 saturated carbocycles. The van der Waals surface area contributed by atoms with E-state index in [-0.39, 0.29) is 18.2 Å². The first kappa shape index (κ1) is 23.7. The van der Waals surface area contributed by atoms with Gasteiger partial charge in [0.05, 0.1) is 49.3 Å². The van der Waals surface area contributed by atoms with Gasteiger partial charge in [0.15, 0.2) is 11.9 Å². The summed E-state index contributed by atoms with van der Waals surface area (Å²) in [6, 6.07) is 10.5. The van der Waals surface area contributed by atoms with Crippen molar-refractivity contribution in [3.63, 3.8) is 0 Å². The molecule has 0 saturated heterocycles. The van der Waals surface area contributed by atoms with Crippen molar-refractivity contribution in [2.24, 2.45) is 0 Å². The first-order valence-corrected chi connectivity index (χ1v) is 11.6. The van der Waals surface area contributed by atoms with E-state index in [4.69, 9.17) is 18.9 Å². The molecule has 0 spiro atoms. The highest BCUT2D eigenvalue weighted by molar-refractivity contribution is 7.09. The minimum atomic E-state index is -0.705. The molecule has 1 aromatic heterocycles. The van der Waals surface area contributed by atoms with Crippen LogP contribution in [0.5, 0.6) is 17.2 Å². The van der Waals surface area contributed by atoms with Gasteiger partial charge in [0, 0.05) is 30.5 Å². The minimum absolute atomic E-state index is 0.151. The molecule has 1 amide bonds. The van der Waals surface area contributed by atoms with Crippen molar-refractivity contribution in [2.45, 2.75) is 19.4 Å². The van der Waals surface area contributed by atoms with Crippen molar-refractivity contribution in [3.05, 3.63) is 52.3 Å². The Morgan fingerprint density at radius 3 is 2.71 bits per heavy atom. The van der Waals surface area contributed by atoms with Crippen molar-refractivity contribution in [1.29, 1.82) is 0 Å². The van der Waals surface area contributed by atoms with Gasteiger partial charge in [0.2, 0.25) is 0 Å². The van der Waals surface area contributed by atoms with Gasteiger partial charge in [-0.1, -0.05) is 0 Å². The van der Waals surface area contributed by atoms with Crippen LogP contribution in [0.25, 0.3) is 11.3 Å². The molecule has 0 fully saturated rings. The summed E-state index contributed by atoms with van der Waals surface area (Å²) in [6.07, 6.45) is 0.0269. The molecule has 9 heteroatoms. The fourth-order valence-electron chi connectivity index (χ4n) is 3.73. The summed E-state index contributed by atoms with van der Waals surface area (Å²) >= 11 is 1.56. The zero-order valence-corrected chi connectivity index (χ0v) is 20.3. The largest absolute Gasteiger partial charge is 0.497 e. The number of benzene rings is 2. The Balaban J connectivity index is 1.65. The average Bonchev–Trinajstić information content (AvgIpc) is 3.33. The number of amides is 1. The van der Waals surface area contributed by atoms with E-state index in [1.165, 1.54) is 12.0 Å². The monoisotopic (exact) mass is 482 g/mol. The van der Waals surface area contributed by atoms with Crippen molar-refractivity contribution >= 4 is 28.7 Å². The van der Waals surface area contributed by atoms with Gasteiger partial charge in [-0.05, 0) is 37.3 Å². The molecule has 1 unspecified atom stereocenters. The Bertz CT molecular complexity index is 1210. The number of carbonyl (C=O) groups is 2. The number of nitrogens with zero attached hydrogens (tertiary/aromatic N) is 2. The molecule has 2 heterocycles. The first-order chi connectivity index (χ1) is 16.4. The van der Waals surface area contributed by atoms with Crippen LogP contribution in [-0.2, 0) is 16.0 Å². The quantitative estimate of drug-likeness (QED) is 0.426. The number of methoxy groups -OCH3 is 3.